The summed E-state index contributed by atoms with van der Waals surface area (Å²) in [4.78, 5) is 10.8. The molecule has 0 N–H and O–H groups in total. The van der Waals surface area contributed by atoms with E-state index in [0.29, 0.717) is 0 Å². The Kier molecular flexibility index (Phi) is 3.80. The van der Waals surface area contributed by atoms with Crippen LogP contribution in [0.25, 0.3) is 0 Å². The van der Waals surface area contributed by atoms with E-state index in [1.54, 1.807) is 22.6 Å². The molecule has 0 amide bonds. The summed E-state index contributed by atoms with van der Waals surface area (Å²) in [6.07, 6.45) is 6.77. The highest BCUT2D eigenvalue weighted by molar-refractivity contribution is 14.1. The molecule has 1 fully saturated rings. The molecule has 0 bridgehead atoms. The average Bonchev–Trinajstić information content (AvgIpc) is 2.05. The molecule has 0 spiro atoms. The van der Waals surface area contributed by atoms with Gasteiger partial charge in [-0.1, -0.05) is 13.3 Å². The van der Waals surface area contributed by atoms with Gasteiger partial charge in [0.1, 0.15) is 5.60 Å². The normalized spacial score (nSPS) is 21.8. The summed E-state index contributed by atoms with van der Waals surface area (Å²) >= 11 is 1.72. The molecule has 2 nitrogen and oxygen atoms in total. The van der Waals surface area contributed by atoms with Crippen LogP contribution in [0, 0.1) is 0 Å². The summed E-state index contributed by atoms with van der Waals surface area (Å²) in [5.41, 5.74) is -0.115. The molecular weight excluding hydrogens is 267 g/mol. The number of carbonyl (C=O) groups is 1. The van der Waals surface area contributed by atoms with Crippen molar-refractivity contribution in [2.24, 2.45) is 0 Å². The number of hydrogen-bond donors (Lipinski definition) is 0. The lowest BCUT2D eigenvalue weighted by atomic mass is 9.83. The van der Waals surface area contributed by atoms with Gasteiger partial charge in [0.25, 0.3) is 0 Å². The Labute approximate surface area is 87.2 Å². The first-order valence-corrected chi connectivity index (χ1v) is 5.65. The zero-order valence-corrected chi connectivity index (χ0v) is 9.59. The van der Waals surface area contributed by atoms with Crippen LogP contribution in [-0.2, 0) is 4.74 Å². The lowest BCUT2D eigenvalue weighted by molar-refractivity contribution is -0.00375. The van der Waals surface area contributed by atoms with Gasteiger partial charge in [-0.15, -0.1) is 0 Å². The van der Waals surface area contributed by atoms with E-state index in [2.05, 4.69) is 6.92 Å². The summed E-state index contributed by atoms with van der Waals surface area (Å²) in [5, 5.41) is 0. The second kappa shape index (κ2) is 4.44. The van der Waals surface area contributed by atoms with Crippen molar-refractivity contribution in [1.29, 1.82) is 0 Å². The second-order valence-corrected chi connectivity index (χ2v) is 4.32. The van der Waals surface area contributed by atoms with Gasteiger partial charge in [-0.25, -0.2) is 4.79 Å². The van der Waals surface area contributed by atoms with Crippen LogP contribution in [0.15, 0.2) is 0 Å². The fourth-order valence-electron chi connectivity index (χ4n) is 1.89. The highest BCUT2D eigenvalue weighted by Gasteiger charge is 2.33. The Morgan fingerprint density at radius 3 is 2.42 bits per heavy atom. The molecular formula is C9H15IO2. The van der Waals surface area contributed by atoms with Crippen molar-refractivity contribution in [3.8, 4) is 0 Å². The molecule has 0 aromatic heterocycles. The van der Waals surface area contributed by atoms with Gasteiger partial charge in [0.2, 0.25) is 0 Å². The quantitative estimate of drug-likeness (QED) is 0.570. The number of rotatable bonds is 2. The standard InChI is InChI=1S/C9H15IO2/c1-2-9(12-8(10)11)6-4-3-5-7-9/h2-7H2,1H3. The van der Waals surface area contributed by atoms with E-state index in [0.717, 1.165) is 19.3 Å². The summed E-state index contributed by atoms with van der Waals surface area (Å²) < 4.78 is 5.22. The number of carbonyl (C=O) groups excluding carboxylic acids is 1. The zero-order valence-electron chi connectivity index (χ0n) is 7.44. The minimum absolute atomic E-state index is 0.115. The van der Waals surface area contributed by atoms with Crippen molar-refractivity contribution in [2.45, 2.75) is 51.0 Å². The van der Waals surface area contributed by atoms with Gasteiger partial charge in [-0.3, -0.25) is 0 Å². The minimum Gasteiger partial charge on any atom is -0.452 e. The average molecular weight is 282 g/mol. The Hall–Kier alpha value is 0.200. The first-order valence-electron chi connectivity index (χ1n) is 4.57. The molecule has 0 radical (unpaired) electrons. The molecule has 1 aliphatic carbocycles. The molecule has 0 unspecified atom stereocenters. The molecule has 1 saturated carbocycles. The molecule has 70 valence electrons. The molecule has 0 atom stereocenters. The van der Waals surface area contributed by atoms with E-state index in [1.165, 1.54) is 19.3 Å². The van der Waals surface area contributed by atoms with Gasteiger partial charge in [0.15, 0.2) is 0 Å². The molecule has 0 saturated heterocycles. The van der Waals surface area contributed by atoms with Crippen LogP contribution in [0.4, 0.5) is 4.79 Å². The number of hydrogen-bond acceptors (Lipinski definition) is 2. The second-order valence-electron chi connectivity index (χ2n) is 3.44. The van der Waals surface area contributed by atoms with Gasteiger partial charge >= 0.3 is 3.98 Å². The van der Waals surface area contributed by atoms with E-state index in [1.807, 2.05) is 0 Å². The van der Waals surface area contributed by atoms with Crippen molar-refractivity contribution in [3.05, 3.63) is 0 Å². The molecule has 1 aliphatic rings. The van der Waals surface area contributed by atoms with Crippen molar-refractivity contribution in [1.82, 2.24) is 0 Å². The van der Waals surface area contributed by atoms with Crippen molar-refractivity contribution >= 4 is 26.6 Å². The minimum atomic E-state index is -0.156. The van der Waals surface area contributed by atoms with Gasteiger partial charge in [-0.2, -0.15) is 0 Å². The molecule has 1 rings (SSSR count). The first-order chi connectivity index (χ1) is 5.68. The van der Waals surface area contributed by atoms with Gasteiger partial charge in [0, 0.05) is 0 Å². The Morgan fingerprint density at radius 1 is 1.42 bits per heavy atom. The summed E-state index contributed by atoms with van der Waals surface area (Å²) in [6, 6.07) is 0. The molecule has 0 aliphatic heterocycles. The van der Waals surface area contributed by atoms with Crippen LogP contribution in [0.5, 0.6) is 0 Å². The maximum atomic E-state index is 10.8. The first kappa shape index (κ1) is 10.3. The Bertz CT molecular complexity index is 162. The van der Waals surface area contributed by atoms with Crippen LogP contribution in [-0.4, -0.2) is 9.58 Å². The van der Waals surface area contributed by atoms with Gasteiger partial charge in [0.05, 0.1) is 22.6 Å². The molecule has 0 heterocycles. The smallest absolute Gasteiger partial charge is 0.367 e. The summed E-state index contributed by atoms with van der Waals surface area (Å²) in [5.74, 6) is 0. The van der Waals surface area contributed by atoms with Crippen LogP contribution >= 0.6 is 22.6 Å². The molecule has 0 aromatic carbocycles. The number of ether oxygens (including phenoxy) is 1. The Balaban J connectivity index is 2.53. The van der Waals surface area contributed by atoms with Crippen LogP contribution in [0.3, 0.4) is 0 Å². The van der Waals surface area contributed by atoms with Gasteiger partial charge in [-0.05, 0) is 32.1 Å². The topological polar surface area (TPSA) is 26.3 Å². The van der Waals surface area contributed by atoms with E-state index in [9.17, 15) is 4.79 Å². The molecule has 12 heavy (non-hydrogen) atoms. The summed E-state index contributed by atoms with van der Waals surface area (Å²) in [7, 11) is 0. The van der Waals surface area contributed by atoms with E-state index < -0.39 is 0 Å². The van der Waals surface area contributed by atoms with Crippen molar-refractivity contribution in [2.75, 3.05) is 0 Å². The van der Waals surface area contributed by atoms with E-state index in [4.69, 9.17) is 4.74 Å². The lowest BCUT2D eigenvalue weighted by Crippen LogP contribution is -2.34. The maximum absolute atomic E-state index is 10.8. The largest absolute Gasteiger partial charge is 0.452 e. The number of halogens is 1. The van der Waals surface area contributed by atoms with Crippen molar-refractivity contribution in [3.63, 3.8) is 0 Å². The third-order valence-corrected chi connectivity index (χ3v) is 2.93. The SMILES string of the molecule is CCC1(OC(=O)I)CCCCC1. The highest BCUT2D eigenvalue weighted by Crippen LogP contribution is 2.34. The third kappa shape index (κ3) is 2.61. The summed E-state index contributed by atoms with van der Waals surface area (Å²) in [6.45, 7) is 2.10. The zero-order chi connectivity index (χ0) is 9.03. The van der Waals surface area contributed by atoms with E-state index >= 15 is 0 Å². The van der Waals surface area contributed by atoms with Crippen LogP contribution < -0.4 is 0 Å². The molecule has 3 heteroatoms. The van der Waals surface area contributed by atoms with Crippen LogP contribution in [0.2, 0.25) is 0 Å². The highest BCUT2D eigenvalue weighted by atomic mass is 127. The van der Waals surface area contributed by atoms with Crippen LogP contribution in [0.1, 0.15) is 45.4 Å². The fourth-order valence-corrected chi connectivity index (χ4v) is 2.36. The molecule has 0 aromatic rings. The Morgan fingerprint density at radius 2 is 2.00 bits per heavy atom. The lowest BCUT2D eigenvalue weighted by Gasteiger charge is -2.35. The van der Waals surface area contributed by atoms with E-state index in [-0.39, 0.29) is 9.58 Å². The van der Waals surface area contributed by atoms with Crippen molar-refractivity contribution < 1.29 is 9.53 Å². The van der Waals surface area contributed by atoms with Gasteiger partial charge < -0.3 is 4.74 Å². The predicted molar refractivity (Wildman–Crippen MR) is 56.6 cm³/mol. The predicted octanol–water partition coefficient (Wildman–Crippen LogP) is 3.67. The fraction of sp³-hybridized carbons (Fsp3) is 0.889. The monoisotopic (exact) mass is 282 g/mol. The maximum Gasteiger partial charge on any atom is 0.367 e. The third-order valence-electron chi connectivity index (χ3n) is 2.71.